The lowest BCUT2D eigenvalue weighted by Crippen LogP contribution is -2.49. The number of Topliss-reactive ketones (excluding diaryl/α,β-unsaturated/α-hetero) is 1. The first kappa shape index (κ1) is 20.6. The molecule has 2 heterocycles. The molecule has 0 bridgehead atoms. The first-order valence-electron chi connectivity index (χ1n) is 12.8. The van der Waals surface area contributed by atoms with Crippen LogP contribution in [0.3, 0.4) is 0 Å². The van der Waals surface area contributed by atoms with E-state index in [9.17, 15) is 9.90 Å². The highest BCUT2D eigenvalue weighted by molar-refractivity contribution is 6.02. The number of hydrogen-bond donors (Lipinski definition) is 2. The van der Waals surface area contributed by atoms with E-state index < -0.39 is 0 Å². The average molecular weight is 426 g/mol. The summed E-state index contributed by atoms with van der Waals surface area (Å²) in [4.78, 5) is 14.1. The molecule has 1 spiro atoms. The lowest BCUT2D eigenvalue weighted by Gasteiger charge is -2.48. The zero-order valence-electron chi connectivity index (χ0n) is 19.6. The largest absolute Gasteiger partial charge is 0.393 e. The molecule has 4 nitrogen and oxygen atoms in total. The zero-order chi connectivity index (χ0) is 21.7. The minimum atomic E-state index is -0.263. The van der Waals surface area contributed by atoms with Crippen LogP contribution in [0.1, 0.15) is 72.6 Å². The number of hydrogen-bond acceptors (Lipinski definition) is 4. The van der Waals surface area contributed by atoms with Crippen LogP contribution in [0, 0.1) is 35.0 Å². The molecule has 4 fully saturated rings. The second-order valence-electron chi connectivity index (χ2n) is 12.1. The summed E-state index contributed by atoms with van der Waals surface area (Å²) in [6.07, 6.45) is 9.23. The Balaban J connectivity index is 1.39. The fraction of sp³-hybridized carbons (Fsp3) is 0.815. The number of fused-ring (bicyclic) bond motifs is 6. The molecule has 0 unspecified atom stereocenters. The van der Waals surface area contributed by atoms with Gasteiger partial charge >= 0.3 is 0 Å². The molecule has 6 rings (SSSR count). The van der Waals surface area contributed by atoms with Gasteiger partial charge in [-0.05, 0) is 87.2 Å². The Morgan fingerprint density at radius 3 is 2.84 bits per heavy atom. The van der Waals surface area contributed by atoms with Gasteiger partial charge in [-0.15, -0.1) is 0 Å². The number of carbonyl (C=O) groups is 1. The Morgan fingerprint density at radius 1 is 1.23 bits per heavy atom. The molecule has 170 valence electrons. The molecular weight excluding hydrogens is 386 g/mol. The number of nitrogens with one attached hydrogen (secondary N) is 1. The summed E-state index contributed by atoms with van der Waals surface area (Å²) in [6.45, 7) is 10.3. The van der Waals surface area contributed by atoms with Gasteiger partial charge < -0.3 is 15.2 Å². The monoisotopic (exact) mass is 425 g/mol. The molecule has 4 heteroatoms. The SMILES string of the molecule is CC1=C2C(=O)[C@H]3[C@@H](CC=C4C[C@@H](O)CC[C@@]43C)[C@@H]2CC[C@@]12O[C@@H]1C[C@H](C)CN[C@H]1[C@@H]2C. The van der Waals surface area contributed by atoms with Gasteiger partial charge in [-0.2, -0.15) is 0 Å². The Hall–Kier alpha value is -0.970. The topological polar surface area (TPSA) is 58.6 Å². The smallest absolute Gasteiger partial charge is 0.163 e. The highest BCUT2D eigenvalue weighted by Gasteiger charge is 2.63. The lowest BCUT2D eigenvalue weighted by molar-refractivity contribution is -0.123. The van der Waals surface area contributed by atoms with Crippen molar-refractivity contribution in [1.82, 2.24) is 5.32 Å². The molecule has 31 heavy (non-hydrogen) atoms. The maximum absolute atomic E-state index is 14.1. The van der Waals surface area contributed by atoms with Gasteiger partial charge in [0, 0.05) is 23.5 Å². The van der Waals surface area contributed by atoms with Crippen molar-refractivity contribution >= 4 is 5.78 Å². The first-order chi connectivity index (χ1) is 14.8. The lowest BCUT2D eigenvalue weighted by atomic mass is 9.56. The molecule has 2 N–H and O–H groups in total. The Kier molecular flexibility index (Phi) is 4.51. The number of carbonyl (C=O) groups excluding carboxylic acids is 1. The molecular formula is C27H39NO3. The number of aliphatic hydroxyl groups is 1. The Morgan fingerprint density at radius 2 is 2.03 bits per heavy atom. The van der Waals surface area contributed by atoms with E-state index in [4.69, 9.17) is 4.74 Å². The van der Waals surface area contributed by atoms with Crippen molar-refractivity contribution in [3.05, 3.63) is 22.8 Å². The van der Waals surface area contributed by atoms with E-state index in [1.807, 2.05) is 0 Å². The Labute approximate surface area is 186 Å². The minimum absolute atomic E-state index is 0.0653. The summed E-state index contributed by atoms with van der Waals surface area (Å²) < 4.78 is 6.93. The maximum atomic E-state index is 14.1. The molecule has 0 radical (unpaired) electrons. The van der Waals surface area contributed by atoms with Crippen molar-refractivity contribution in [2.75, 3.05) is 6.54 Å². The number of ketones is 1. The summed E-state index contributed by atoms with van der Waals surface area (Å²) in [5.74, 6) is 2.41. The minimum Gasteiger partial charge on any atom is -0.393 e. The molecule has 6 aliphatic rings. The zero-order valence-corrected chi connectivity index (χ0v) is 19.6. The highest BCUT2D eigenvalue weighted by Crippen LogP contribution is 2.63. The fourth-order valence-electron chi connectivity index (χ4n) is 8.93. The van der Waals surface area contributed by atoms with E-state index in [-0.39, 0.29) is 29.1 Å². The second kappa shape index (κ2) is 6.77. The van der Waals surface area contributed by atoms with Gasteiger partial charge in [-0.25, -0.2) is 0 Å². The molecule has 2 saturated heterocycles. The molecule has 0 aromatic rings. The van der Waals surface area contributed by atoms with Crippen molar-refractivity contribution in [1.29, 1.82) is 0 Å². The van der Waals surface area contributed by atoms with Gasteiger partial charge in [0.1, 0.15) is 0 Å². The third-order valence-electron chi connectivity index (χ3n) is 10.6. The van der Waals surface area contributed by atoms with Crippen LogP contribution < -0.4 is 5.32 Å². The number of rotatable bonds is 0. The van der Waals surface area contributed by atoms with Crippen LogP contribution in [0.4, 0.5) is 0 Å². The van der Waals surface area contributed by atoms with Crippen LogP contribution in [0.2, 0.25) is 0 Å². The van der Waals surface area contributed by atoms with Crippen LogP contribution in [0.5, 0.6) is 0 Å². The molecule has 2 saturated carbocycles. The first-order valence-corrected chi connectivity index (χ1v) is 12.8. The van der Waals surface area contributed by atoms with E-state index in [0.29, 0.717) is 35.5 Å². The van der Waals surface area contributed by atoms with Gasteiger partial charge in [0.25, 0.3) is 0 Å². The third kappa shape index (κ3) is 2.62. The summed E-state index contributed by atoms with van der Waals surface area (Å²) in [6, 6.07) is 0.410. The van der Waals surface area contributed by atoms with E-state index >= 15 is 0 Å². The normalized spacial score (nSPS) is 53.7. The van der Waals surface area contributed by atoms with Crippen molar-refractivity contribution < 1.29 is 14.6 Å². The molecule has 0 aromatic carbocycles. The number of ether oxygens (including phenoxy) is 1. The van der Waals surface area contributed by atoms with E-state index in [0.717, 1.165) is 57.1 Å². The second-order valence-corrected chi connectivity index (χ2v) is 12.1. The van der Waals surface area contributed by atoms with Crippen molar-refractivity contribution in [3.63, 3.8) is 0 Å². The van der Waals surface area contributed by atoms with Crippen LogP contribution in [-0.2, 0) is 9.53 Å². The van der Waals surface area contributed by atoms with Gasteiger partial charge in [-0.1, -0.05) is 32.4 Å². The van der Waals surface area contributed by atoms with Crippen molar-refractivity contribution in [2.45, 2.75) is 96.5 Å². The van der Waals surface area contributed by atoms with Gasteiger partial charge in [0.2, 0.25) is 0 Å². The summed E-state index contributed by atoms with van der Waals surface area (Å²) in [5.41, 5.74) is 3.43. The molecule has 0 amide bonds. The number of piperidine rings is 1. The fourth-order valence-corrected chi connectivity index (χ4v) is 8.93. The standard InChI is InChI=1S/C27H39NO3/c1-14-11-21-24(28-13-14)16(3)27(31-21)10-8-19-20-6-5-17-12-18(29)7-9-26(17,4)23(20)25(30)22(19)15(27)2/h5,14,16,18-21,23-24,28-29H,6-13H2,1-4H3/t14-,16-,18-,19-,20-,21+,23+,24-,26-,27+/m0/s1. The molecule has 10 atom stereocenters. The summed E-state index contributed by atoms with van der Waals surface area (Å²) in [5, 5.41) is 14.0. The van der Waals surface area contributed by atoms with E-state index in [2.05, 4.69) is 39.1 Å². The van der Waals surface area contributed by atoms with Crippen LogP contribution in [-0.4, -0.2) is 41.3 Å². The van der Waals surface area contributed by atoms with Gasteiger partial charge in [0.15, 0.2) is 5.78 Å². The van der Waals surface area contributed by atoms with Crippen LogP contribution in [0.25, 0.3) is 0 Å². The quantitative estimate of drug-likeness (QED) is 0.572. The summed E-state index contributed by atoms with van der Waals surface area (Å²) in [7, 11) is 0. The predicted molar refractivity (Wildman–Crippen MR) is 120 cm³/mol. The number of aliphatic hydroxyl groups excluding tert-OH is 1. The van der Waals surface area contributed by atoms with E-state index in [1.54, 1.807) is 0 Å². The third-order valence-corrected chi connectivity index (χ3v) is 10.6. The Bertz CT molecular complexity index is 876. The predicted octanol–water partition coefficient (Wildman–Crippen LogP) is 4.18. The van der Waals surface area contributed by atoms with Crippen LogP contribution in [0.15, 0.2) is 22.8 Å². The van der Waals surface area contributed by atoms with Crippen LogP contribution >= 0.6 is 0 Å². The molecule has 0 aromatic heterocycles. The molecule has 4 aliphatic carbocycles. The summed E-state index contributed by atoms with van der Waals surface area (Å²) >= 11 is 0. The maximum Gasteiger partial charge on any atom is 0.163 e. The highest BCUT2D eigenvalue weighted by atomic mass is 16.5. The molecule has 2 aliphatic heterocycles. The van der Waals surface area contributed by atoms with Crippen molar-refractivity contribution in [3.8, 4) is 0 Å². The van der Waals surface area contributed by atoms with Crippen molar-refractivity contribution in [2.24, 2.45) is 35.0 Å². The van der Waals surface area contributed by atoms with Gasteiger partial charge in [-0.3, -0.25) is 4.79 Å². The average Bonchev–Trinajstić information content (AvgIpc) is 3.18. The van der Waals surface area contributed by atoms with Gasteiger partial charge in [0.05, 0.1) is 17.8 Å². The number of allylic oxidation sites excluding steroid dienone is 2. The van der Waals surface area contributed by atoms with E-state index in [1.165, 1.54) is 11.1 Å².